The number of nitrogen functional groups attached to an aromatic ring is 1. The average Bonchev–Trinajstić information content (AvgIpc) is 3.23. The molecule has 0 aliphatic heterocycles. The Labute approximate surface area is 368 Å². The summed E-state index contributed by atoms with van der Waals surface area (Å²) >= 11 is 4.04. The molecule has 58 heavy (non-hydrogen) atoms. The molecule has 8 heteroatoms. The number of unbranched alkanes of at least 4 members (excludes halogenated alkanes) is 30. The Bertz CT molecular complexity index is 985. The average molecular weight is 851 g/mol. The second-order valence-corrected chi connectivity index (χ2v) is 19.4. The molecule has 0 spiro atoms. The van der Waals surface area contributed by atoms with E-state index in [9.17, 15) is 4.79 Å². The van der Waals surface area contributed by atoms with Gasteiger partial charge in [0, 0.05) is 35.9 Å². The first kappa shape index (κ1) is 54.9. The molecule has 1 rings (SSSR count). The normalized spacial score (nSPS) is 12.5. The van der Waals surface area contributed by atoms with Crippen LogP contribution in [0, 0.1) is 0 Å². The Balaban J connectivity index is 2.20. The van der Waals surface area contributed by atoms with Crippen molar-refractivity contribution in [2.75, 3.05) is 49.9 Å². The van der Waals surface area contributed by atoms with Gasteiger partial charge in [0.1, 0.15) is 6.61 Å². The van der Waals surface area contributed by atoms with Crippen LogP contribution in [-0.2, 0) is 14.2 Å². The number of nitrogens with one attached hydrogen (secondary N) is 1. The summed E-state index contributed by atoms with van der Waals surface area (Å²) in [6.45, 7) is 5.73. The Morgan fingerprint density at radius 1 is 0.586 bits per heavy atom. The summed E-state index contributed by atoms with van der Waals surface area (Å²) in [5.41, 5.74) is 7.39. The number of nitrogens with two attached hydrogens (primary N) is 1. The second kappa shape index (κ2) is 44.0. The summed E-state index contributed by atoms with van der Waals surface area (Å²) in [6, 6.07) is 7.44. The molecule has 0 fully saturated rings. The molecule has 0 bridgehead atoms. The van der Waals surface area contributed by atoms with Gasteiger partial charge in [0.15, 0.2) is 6.29 Å². The minimum Gasteiger partial charge on any atom is -0.448 e. The molecule has 6 nitrogen and oxygen atoms in total. The van der Waals surface area contributed by atoms with Crippen molar-refractivity contribution in [3.63, 3.8) is 0 Å². The molecule has 2 atom stereocenters. The predicted octanol–water partition coefficient (Wildman–Crippen LogP) is 16.0. The highest BCUT2D eigenvalue weighted by Crippen LogP contribution is 2.23. The molecular weight excluding hydrogens is 757 g/mol. The van der Waals surface area contributed by atoms with Crippen LogP contribution in [0.25, 0.3) is 0 Å². The number of amides is 1. The Hall–Kier alpha value is -1.09. The first-order valence-corrected chi connectivity index (χ1v) is 26.9. The van der Waals surface area contributed by atoms with Gasteiger partial charge in [0.25, 0.3) is 0 Å². The molecule has 0 aliphatic rings. The van der Waals surface area contributed by atoms with Crippen molar-refractivity contribution in [1.82, 2.24) is 5.32 Å². The fraction of sp³-hybridized carbons (Fsp3) is 0.860. The van der Waals surface area contributed by atoms with Crippen LogP contribution < -0.4 is 11.1 Å². The molecule has 0 aliphatic carbocycles. The summed E-state index contributed by atoms with van der Waals surface area (Å²) in [6.07, 6.45) is 43.9. The summed E-state index contributed by atoms with van der Waals surface area (Å²) in [5, 5.41) is 3.18. The molecule has 1 amide bonds. The third kappa shape index (κ3) is 36.7. The first-order valence-electron chi connectivity index (χ1n) is 24.7. The number of anilines is 1. The van der Waals surface area contributed by atoms with Gasteiger partial charge in [-0.1, -0.05) is 219 Å². The van der Waals surface area contributed by atoms with Crippen LogP contribution in [-0.4, -0.2) is 55.5 Å². The third-order valence-corrected chi connectivity index (χ3v) is 14.0. The molecule has 1 aromatic carbocycles. The minimum absolute atomic E-state index is 0.324. The van der Waals surface area contributed by atoms with Crippen molar-refractivity contribution in [2.45, 2.75) is 231 Å². The molecule has 1 aromatic rings. The summed E-state index contributed by atoms with van der Waals surface area (Å²) in [5.74, 6) is 3.38. The quantitative estimate of drug-likeness (QED) is 0.0384. The summed E-state index contributed by atoms with van der Waals surface area (Å²) < 4.78 is 17.0. The maximum Gasteiger partial charge on any atom is 0.407 e. The van der Waals surface area contributed by atoms with Crippen molar-refractivity contribution < 1.29 is 19.0 Å². The summed E-state index contributed by atoms with van der Waals surface area (Å²) in [4.78, 5) is 12.6. The van der Waals surface area contributed by atoms with Crippen molar-refractivity contribution in [1.29, 1.82) is 0 Å². The molecule has 2 unspecified atom stereocenters. The van der Waals surface area contributed by atoms with Gasteiger partial charge in [0.2, 0.25) is 0 Å². The van der Waals surface area contributed by atoms with Gasteiger partial charge in [-0.3, -0.25) is 0 Å². The Kier molecular flexibility index (Phi) is 41.7. The maximum atomic E-state index is 12.6. The van der Waals surface area contributed by atoms with E-state index in [0.29, 0.717) is 30.7 Å². The monoisotopic (exact) mass is 851 g/mol. The fourth-order valence-electron chi connectivity index (χ4n) is 7.50. The number of methoxy groups -OCH3 is 1. The van der Waals surface area contributed by atoms with Crippen molar-refractivity contribution >= 4 is 35.3 Å². The van der Waals surface area contributed by atoms with E-state index < -0.39 is 6.29 Å². The van der Waals surface area contributed by atoms with Crippen LogP contribution in [0.1, 0.15) is 231 Å². The highest BCUT2D eigenvalue weighted by atomic mass is 32.2. The van der Waals surface area contributed by atoms with Crippen LogP contribution >= 0.6 is 23.5 Å². The molecule has 3 N–H and O–H groups in total. The van der Waals surface area contributed by atoms with E-state index in [-0.39, 0.29) is 6.09 Å². The van der Waals surface area contributed by atoms with Gasteiger partial charge in [-0.2, -0.15) is 23.5 Å². The van der Waals surface area contributed by atoms with E-state index in [1.165, 1.54) is 211 Å². The highest BCUT2D eigenvalue weighted by Gasteiger charge is 2.14. The van der Waals surface area contributed by atoms with E-state index in [4.69, 9.17) is 19.9 Å². The van der Waals surface area contributed by atoms with Crippen LogP contribution in [0.5, 0.6) is 0 Å². The lowest BCUT2D eigenvalue weighted by Gasteiger charge is -2.18. The van der Waals surface area contributed by atoms with E-state index in [1.807, 2.05) is 47.8 Å². The number of carbonyl (C=O) groups is 1. The molecule has 0 saturated carbocycles. The van der Waals surface area contributed by atoms with Crippen LogP contribution in [0.4, 0.5) is 10.5 Å². The first-order chi connectivity index (χ1) is 28.6. The van der Waals surface area contributed by atoms with Gasteiger partial charge >= 0.3 is 6.09 Å². The molecule has 0 heterocycles. The standard InChI is InChI=1S/C50H94N2O4S2/c1-4-6-8-10-12-14-16-18-20-22-24-26-28-30-32-34-42-57-45-48(44-56-50(53)52-40-41-55-49(54-3)46-36-38-47(51)39-37-46)58-43-35-33-31-29-27-25-23-21-19-17-15-13-11-9-7-5-2/h36-39,48-49H,4-35,40-45,51H2,1-3H3,(H,52,53). The Morgan fingerprint density at radius 3 is 1.40 bits per heavy atom. The predicted molar refractivity (Wildman–Crippen MR) is 259 cm³/mol. The number of rotatable bonds is 45. The number of ether oxygens (including phenoxy) is 3. The zero-order valence-electron chi connectivity index (χ0n) is 38.4. The lowest BCUT2D eigenvalue weighted by atomic mass is 10.0. The van der Waals surface area contributed by atoms with Gasteiger partial charge in [-0.05, 0) is 36.5 Å². The van der Waals surface area contributed by atoms with Crippen molar-refractivity contribution in [3.05, 3.63) is 29.8 Å². The maximum absolute atomic E-state index is 12.6. The van der Waals surface area contributed by atoms with Gasteiger partial charge in [0.05, 0.1) is 6.61 Å². The number of alkyl carbamates (subject to hydrolysis) is 1. The number of benzene rings is 1. The molecule has 0 radical (unpaired) electrons. The van der Waals surface area contributed by atoms with E-state index in [1.54, 1.807) is 7.11 Å². The largest absolute Gasteiger partial charge is 0.448 e. The Morgan fingerprint density at radius 2 is 0.983 bits per heavy atom. The van der Waals surface area contributed by atoms with Crippen LogP contribution in [0.2, 0.25) is 0 Å². The molecule has 340 valence electrons. The number of carbonyl (C=O) groups excluding carboxylic acids is 1. The van der Waals surface area contributed by atoms with Gasteiger partial charge in [-0.15, -0.1) is 0 Å². The third-order valence-electron chi connectivity index (χ3n) is 11.3. The van der Waals surface area contributed by atoms with Crippen LogP contribution in [0.15, 0.2) is 24.3 Å². The lowest BCUT2D eigenvalue weighted by molar-refractivity contribution is -0.126. The number of hydrogen-bond donors (Lipinski definition) is 2. The number of hydrogen-bond acceptors (Lipinski definition) is 7. The number of thioether (sulfide) groups is 2. The topological polar surface area (TPSA) is 82.8 Å². The smallest absolute Gasteiger partial charge is 0.407 e. The van der Waals surface area contributed by atoms with E-state index in [0.717, 1.165) is 17.1 Å². The zero-order chi connectivity index (χ0) is 41.8. The van der Waals surface area contributed by atoms with E-state index in [2.05, 4.69) is 19.2 Å². The van der Waals surface area contributed by atoms with E-state index >= 15 is 0 Å². The van der Waals surface area contributed by atoms with Crippen molar-refractivity contribution in [3.8, 4) is 0 Å². The van der Waals surface area contributed by atoms with Crippen LogP contribution in [0.3, 0.4) is 0 Å². The fourth-order valence-corrected chi connectivity index (χ4v) is 9.98. The SMILES string of the molecule is CCCCCCCCCCCCCCCCCCSCC(COC(=O)NCCOC(OC)c1ccc(N)cc1)SCCCCCCCCCCCCCCCCCC. The van der Waals surface area contributed by atoms with Crippen molar-refractivity contribution in [2.24, 2.45) is 0 Å². The lowest BCUT2D eigenvalue weighted by Crippen LogP contribution is -2.31. The minimum atomic E-state index is -0.505. The molecule has 0 aromatic heterocycles. The summed E-state index contributed by atoms with van der Waals surface area (Å²) in [7, 11) is 1.61. The second-order valence-electron chi connectivity index (χ2n) is 16.8. The van der Waals surface area contributed by atoms with Gasteiger partial charge < -0.3 is 25.3 Å². The molecule has 0 saturated heterocycles. The zero-order valence-corrected chi connectivity index (χ0v) is 40.0. The molecular formula is C50H94N2O4S2. The van der Waals surface area contributed by atoms with Gasteiger partial charge in [-0.25, -0.2) is 4.79 Å². The highest BCUT2D eigenvalue weighted by molar-refractivity contribution is 8.03.